The van der Waals surface area contributed by atoms with Crippen molar-refractivity contribution in [2.24, 2.45) is 5.92 Å². The maximum absolute atomic E-state index is 12.1. The maximum Gasteiger partial charge on any atom is 0.251 e. The quantitative estimate of drug-likeness (QED) is 0.918. The van der Waals surface area contributed by atoms with Crippen LogP contribution in [0.25, 0.3) is 0 Å². The van der Waals surface area contributed by atoms with Crippen molar-refractivity contribution in [3.63, 3.8) is 0 Å². The van der Waals surface area contributed by atoms with Crippen molar-refractivity contribution in [3.05, 3.63) is 65.2 Å². The van der Waals surface area contributed by atoms with Crippen LogP contribution in [-0.2, 0) is 6.54 Å². The lowest BCUT2D eigenvalue weighted by atomic mass is 9.77. The number of nitrogens with zero attached hydrogens (tertiary/aromatic N) is 1. The highest BCUT2D eigenvalue weighted by Crippen LogP contribution is 2.36. The van der Waals surface area contributed by atoms with E-state index in [2.05, 4.69) is 34.5 Å². The Morgan fingerprint density at radius 3 is 2.54 bits per heavy atom. The summed E-state index contributed by atoms with van der Waals surface area (Å²) in [4.78, 5) is 14.6. The molecule has 2 aromatic carbocycles. The lowest BCUT2D eigenvalue weighted by molar-refractivity contribution is 0.0922. The van der Waals surface area contributed by atoms with Crippen LogP contribution in [0.5, 0.6) is 5.75 Å². The van der Waals surface area contributed by atoms with Crippen LogP contribution in [-0.4, -0.2) is 37.6 Å². The van der Waals surface area contributed by atoms with E-state index in [1.807, 2.05) is 24.3 Å². The molecule has 1 atom stereocenters. The molecule has 0 spiro atoms. The number of amides is 1. The highest BCUT2D eigenvalue weighted by Gasteiger charge is 2.32. The van der Waals surface area contributed by atoms with Gasteiger partial charge in [-0.15, -0.1) is 0 Å². The predicted octanol–water partition coefficient (Wildman–Crippen LogP) is 3.43. The first-order valence-electron chi connectivity index (χ1n) is 9.47. The number of hydrogen-bond donors (Lipinski definition) is 1. The lowest BCUT2D eigenvalue weighted by Crippen LogP contribution is -2.41. The number of rotatable bonds is 4. The maximum atomic E-state index is 12.1. The molecule has 26 heavy (non-hydrogen) atoms. The number of likely N-dealkylation sites (tertiary alicyclic amines) is 1. The van der Waals surface area contributed by atoms with E-state index in [0.717, 1.165) is 37.5 Å². The van der Waals surface area contributed by atoms with Crippen LogP contribution in [0, 0.1) is 5.92 Å². The number of ether oxygens (including phenoxy) is 1. The fourth-order valence-corrected chi connectivity index (χ4v) is 4.36. The van der Waals surface area contributed by atoms with Gasteiger partial charge in [-0.2, -0.15) is 0 Å². The van der Waals surface area contributed by atoms with E-state index in [-0.39, 0.29) is 5.91 Å². The summed E-state index contributed by atoms with van der Waals surface area (Å²) in [7, 11) is 1.70. The first-order chi connectivity index (χ1) is 12.7. The van der Waals surface area contributed by atoms with Crippen LogP contribution in [0.3, 0.4) is 0 Å². The number of benzene rings is 2. The van der Waals surface area contributed by atoms with Crippen LogP contribution in [0.15, 0.2) is 48.5 Å². The van der Waals surface area contributed by atoms with Crippen molar-refractivity contribution < 1.29 is 9.53 Å². The Labute approximate surface area is 155 Å². The van der Waals surface area contributed by atoms with Gasteiger partial charge < -0.3 is 10.1 Å². The summed E-state index contributed by atoms with van der Waals surface area (Å²) in [5.41, 5.74) is 3.44. The molecule has 2 heterocycles. The molecule has 0 radical (unpaired) electrons. The number of fused-ring (bicyclic) bond motifs is 1. The van der Waals surface area contributed by atoms with Gasteiger partial charge in [-0.05, 0) is 61.2 Å². The van der Waals surface area contributed by atoms with E-state index >= 15 is 0 Å². The van der Waals surface area contributed by atoms with Crippen molar-refractivity contribution >= 4 is 5.91 Å². The molecule has 0 bridgehead atoms. The van der Waals surface area contributed by atoms with Crippen LogP contribution in [0.2, 0.25) is 0 Å². The van der Waals surface area contributed by atoms with E-state index < -0.39 is 0 Å². The first kappa shape index (κ1) is 17.1. The van der Waals surface area contributed by atoms with Gasteiger partial charge in [0.25, 0.3) is 5.91 Å². The van der Waals surface area contributed by atoms with E-state index in [1.54, 1.807) is 7.11 Å². The molecule has 2 aliphatic rings. The zero-order chi connectivity index (χ0) is 17.9. The summed E-state index contributed by atoms with van der Waals surface area (Å²) < 4.78 is 5.23. The fraction of sp³-hybridized carbons (Fsp3) is 0.409. The summed E-state index contributed by atoms with van der Waals surface area (Å²) >= 11 is 0. The SMILES string of the molecule is COc1ccc(CN2CCC([C@@H]3CNC(=O)c4ccccc43)CC2)cc1. The topological polar surface area (TPSA) is 41.6 Å². The normalized spacial score (nSPS) is 21.1. The molecule has 1 fully saturated rings. The Bertz CT molecular complexity index is 764. The molecular weight excluding hydrogens is 324 g/mol. The van der Waals surface area contributed by atoms with Crippen LogP contribution in [0.4, 0.5) is 0 Å². The highest BCUT2D eigenvalue weighted by molar-refractivity contribution is 5.97. The Balaban J connectivity index is 1.38. The number of carbonyl (C=O) groups is 1. The minimum absolute atomic E-state index is 0.0776. The monoisotopic (exact) mass is 350 g/mol. The van der Waals surface area contributed by atoms with Crippen LogP contribution >= 0.6 is 0 Å². The van der Waals surface area contributed by atoms with Gasteiger partial charge in [-0.1, -0.05) is 30.3 Å². The van der Waals surface area contributed by atoms with Gasteiger partial charge >= 0.3 is 0 Å². The van der Waals surface area contributed by atoms with Gasteiger partial charge in [-0.25, -0.2) is 0 Å². The van der Waals surface area contributed by atoms with E-state index in [1.165, 1.54) is 24.0 Å². The molecule has 1 N–H and O–H groups in total. The molecule has 0 saturated carbocycles. The third kappa shape index (κ3) is 3.47. The average Bonchev–Trinajstić information content (AvgIpc) is 2.70. The molecular formula is C22H26N2O2. The third-order valence-corrected chi connectivity index (χ3v) is 5.85. The summed E-state index contributed by atoms with van der Waals surface area (Å²) in [6.07, 6.45) is 2.37. The smallest absolute Gasteiger partial charge is 0.251 e. The highest BCUT2D eigenvalue weighted by atomic mass is 16.5. The van der Waals surface area contributed by atoms with Crippen LogP contribution < -0.4 is 10.1 Å². The minimum atomic E-state index is 0.0776. The Morgan fingerprint density at radius 2 is 1.81 bits per heavy atom. The van der Waals surface area contributed by atoms with Gasteiger partial charge in [0, 0.05) is 24.6 Å². The number of methoxy groups -OCH3 is 1. The lowest BCUT2D eigenvalue weighted by Gasteiger charge is -2.38. The largest absolute Gasteiger partial charge is 0.497 e. The summed E-state index contributed by atoms with van der Waals surface area (Å²) in [5.74, 6) is 2.08. The zero-order valence-electron chi connectivity index (χ0n) is 15.3. The van der Waals surface area contributed by atoms with Gasteiger partial charge in [-0.3, -0.25) is 9.69 Å². The van der Waals surface area contributed by atoms with Gasteiger partial charge in [0.1, 0.15) is 5.75 Å². The van der Waals surface area contributed by atoms with E-state index in [9.17, 15) is 4.79 Å². The van der Waals surface area contributed by atoms with Crippen LogP contribution in [0.1, 0.15) is 40.2 Å². The molecule has 4 heteroatoms. The number of hydrogen-bond acceptors (Lipinski definition) is 3. The number of nitrogens with one attached hydrogen (secondary N) is 1. The Kier molecular flexibility index (Phi) is 4.93. The molecule has 2 aliphatic heterocycles. The van der Waals surface area contributed by atoms with Crippen molar-refractivity contribution in [2.75, 3.05) is 26.7 Å². The molecule has 0 aliphatic carbocycles. The molecule has 0 unspecified atom stereocenters. The molecule has 1 amide bonds. The van der Waals surface area contributed by atoms with Crippen molar-refractivity contribution in [1.29, 1.82) is 0 Å². The number of piperidine rings is 1. The Morgan fingerprint density at radius 1 is 1.08 bits per heavy atom. The van der Waals surface area contributed by atoms with Crippen molar-refractivity contribution in [3.8, 4) is 5.75 Å². The summed E-state index contributed by atoms with van der Waals surface area (Å²) in [5, 5.41) is 3.08. The molecule has 2 aromatic rings. The van der Waals surface area contributed by atoms with Gasteiger partial charge in [0.15, 0.2) is 0 Å². The standard InChI is InChI=1S/C22H26N2O2/c1-26-18-8-6-16(7-9-18)15-24-12-10-17(11-13-24)21-14-23-22(25)20-5-3-2-4-19(20)21/h2-9,17,21H,10-15H2,1H3,(H,23,25)/t21-/m0/s1. The van der Waals surface area contributed by atoms with Gasteiger partial charge in [0.2, 0.25) is 0 Å². The molecule has 1 saturated heterocycles. The zero-order valence-corrected chi connectivity index (χ0v) is 15.3. The Hall–Kier alpha value is -2.33. The second-order valence-electron chi connectivity index (χ2n) is 7.37. The second-order valence-corrected chi connectivity index (χ2v) is 7.37. The van der Waals surface area contributed by atoms with E-state index in [4.69, 9.17) is 4.74 Å². The first-order valence-corrected chi connectivity index (χ1v) is 9.47. The second kappa shape index (κ2) is 7.50. The third-order valence-electron chi connectivity index (χ3n) is 5.85. The average molecular weight is 350 g/mol. The fourth-order valence-electron chi connectivity index (χ4n) is 4.36. The summed E-state index contributed by atoms with van der Waals surface area (Å²) in [6, 6.07) is 16.5. The molecule has 4 nitrogen and oxygen atoms in total. The van der Waals surface area contributed by atoms with Gasteiger partial charge in [0.05, 0.1) is 7.11 Å². The minimum Gasteiger partial charge on any atom is -0.497 e. The summed E-state index contributed by atoms with van der Waals surface area (Å²) in [6.45, 7) is 4.00. The predicted molar refractivity (Wildman–Crippen MR) is 103 cm³/mol. The van der Waals surface area contributed by atoms with Crippen molar-refractivity contribution in [2.45, 2.75) is 25.3 Å². The van der Waals surface area contributed by atoms with Crippen molar-refractivity contribution in [1.82, 2.24) is 10.2 Å². The molecule has 4 rings (SSSR count). The van der Waals surface area contributed by atoms with E-state index in [0.29, 0.717) is 11.8 Å². The number of carbonyl (C=O) groups excluding carboxylic acids is 1. The molecule has 136 valence electrons. The molecule has 0 aromatic heterocycles.